The van der Waals surface area contributed by atoms with Crippen LogP contribution in [-0.4, -0.2) is 52.1 Å². The van der Waals surface area contributed by atoms with Gasteiger partial charge in [-0.2, -0.15) is 5.09 Å². The molecular weight excluding hydrogens is 481 g/mol. The zero-order valence-electron chi connectivity index (χ0n) is 19.3. The summed E-state index contributed by atoms with van der Waals surface area (Å²) >= 11 is 0. The highest BCUT2D eigenvalue weighted by Crippen LogP contribution is 2.62. The van der Waals surface area contributed by atoms with Gasteiger partial charge in [-0.15, -0.1) is 0 Å². The molecule has 0 amide bonds. The van der Waals surface area contributed by atoms with Crippen molar-refractivity contribution in [3.05, 3.63) is 63.4 Å². The highest BCUT2D eigenvalue weighted by molar-refractivity contribution is 7.52. The monoisotopic (exact) mass is 509 g/mol. The molecule has 1 aromatic carbocycles. The lowest BCUT2D eigenvalue weighted by Gasteiger charge is -2.24. The number of aromatic amines is 1. The molecule has 1 unspecified atom stereocenters. The standard InChI is InChI=1S/C22H28N3O9P/c1-3-31-19(28)14(2)24-35(30,34-15-7-5-4-6-8-15)32-13-16-18(27)22(10-11-22)20(33-16)25-12-9-17(26)23-21(25)29/h4-9,12,14,16,18,20,27H,3,10-11,13H2,1-2H3,(H,24,30)(H,23,26,29)/t14-,16+,18+,20+,35?/m0/s1. The van der Waals surface area contributed by atoms with Gasteiger partial charge in [-0.25, -0.2) is 9.36 Å². The first-order valence-electron chi connectivity index (χ1n) is 11.3. The molecule has 1 saturated heterocycles. The molecule has 12 nitrogen and oxygen atoms in total. The van der Waals surface area contributed by atoms with Gasteiger partial charge in [-0.3, -0.25) is 23.7 Å². The lowest BCUT2D eigenvalue weighted by molar-refractivity contribution is -0.144. The van der Waals surface area contributed by atoms with Gasteiger partial charge < -0.3 is 19.1 Å². The number of aliphatic hydroxyl groups is 1. The zero-order chi connectivity index (χ0) is 25.2. The van der Waals surface area contributed by atoms with Gasteiger partial charge in [0.2, 0.25) is 0 Å². The van der Waals surface area contributed by atoms with Gasteiger partial charge in [0.05, 0.1) is 19.3 Å². The minimum atomic E-state index is -4.14. The summed E-state index contributed by atoms with van der Waals surface area (Å²) in [6.45, 7) is 2.90. The van der Waals surface area contributed by atoms with Crippen molar-refractivity contribution in [3.63, 3.8) is 0 Å². The van der Waals surface area contributed by atoms with E-state index in [1.54, 1.807) is 37.3 Å². The number of hydrogen-bond acceptors (Lipinski definition) is 9. The van der Waals surface area contributed by atoms with Gasteiger partial charge in [0, 0.05) is 17.7 Å². The lowest BCUT2D eigenvalue weighted by Crippen LogP contribution is -2.37. The molecule has 0 radical (unpaired) electrons. The Bertz CT molecular complexity index is 1210. The van der Waals surface area contributed by atoms with Gasteiger partial charge >= 0.3 is 19.4 Å². The number of carbonyl (C=O) groups is 1. The maximum Gasteiger partial charge on any atom is 0.459 e. The van der Waals surface area contributed by atoms with Crippen molar-refractivity contribution in [1.82, 2.24) is 14.6 Å². The Hall–Kier alpha value is -2.76. The van der Waals surface area contributed by atoms with E-state index in [-0.39, 0.29) is 19.0 Å². The fourth-order valence-electron chi connectivity index (χ4n) is 4.10. The molecule has 2 heterocycles. The normalized spacial score (nSPS) is 25.1. The van der Waals surface area contributed by atoms with Crippen LogP contribution in [0, 0.1) is 5.41 Å². The van der Waals surface area contributed by atoms with E-state index in [9.17, 15) is 24.1 Å². The van der Waals surface area contributed by atoms with Gasteiger partial charge in [-0.05, 0) is 38.8 Å². The number of H-pyrrole nitrogens is 1. The second kappa shape index (κ2) is 10.1. The summed E-state index contributed by atoms with van der Waals surface area (Å²) in [7, 11) is -4.14. The predicted octanol–water partition coefficient (Wildman–Crippen LogP) is 1.32. The highest BCUT2D eigenvalue weighted by atomic mass is 31.2. The number of para-hydroxylation sites is 1. The van der Waals surface area contributed by atoms with Crippen LogP contribution in [0.2, 0.25) is 0 Å². The van der Waals surface area contributed by atoms with Crippen molar-refractivity contribution < 1.29 is 33.0 Å². The number of aliphatic hydroxyl groups excluding tert-OH is 1. The van der Waals surface area contributed by atoms with Crippen molar-refractivity contribution in [2.45, 2.75) is 51.2 Å². The van der Waals surface area contributed by atoms with Gasteiger partial charge in [0.1, 0.15) is 24.1 Å². The van der Waals surface area contributed by atoms with E-state index in [4.69, 9.17) is 18.5 Å². The fraction of sp³-hybridized carbons (Fsp3) is 0.500. The SMILES string of the molecule is CCOC(=O)[C@H](C)NP(=O)(OC[C@H]1O[C@@H](n2ccc(=O)[nH]c2=O)C2(CC2)[C@@H]1O)Oc1ccccc1. The van der Waals surface area contributed by atoms with Gasteiger partial charge in [0.15, 0.2) is 0 Å². The summed E-state index contributed by atoms with van der Waals surface area (Å²) in [5, 5.41) is 13.5. The van der Waals surface area contributed by atoms with Crippen molar-refractivity contribution >= 4 is 13.7 Å². The van der Waals surface area contributed by atoms with Crippen LogP contribution in [0.15, 0.2) is 52.2 Å². The Labute approximate surface area is 200 Å². The summed E-state index contributed by atoms with van der Waals surface area (Å²) in [4.78, 5) is 38.0. The molecule has 35 heavy (non-hydrogen) atoms. The molecule has 13 heteroatoms. The molecule has 2 aliphatic rings. The molecule has 1 aromatic heterocycles. The topological polar surface area (TPSA) is 158 Å². The molecule has 1 saturated carbocycles. The Kier molecular flexibility index (Phi) is 7.30. The van der Waals surface area contributed by atoms with Crippen LogP contribution in [0.1, 0.15) is 32.9 Å². The van der Waals surface area contributed by atoms with Crippen LogP contribution >= 0.6 is 7.75 Å². The van der Waals surface area contributed by atoms with E-state index in [1.165, 1.54) is 23.8 Å². The van der Waals surface area contributed by atoms with E-state index in [2.05, 4.69) is 10.1 Å². The Morgan fingerprint density at radius 3 is 2.66 bits per heavy atom. The summed E-state index contributed by atoms with van der Waals surface area (Å²) < 4.78 is 36.9. The Morgan fingerprint density at radius 2 is 2.03 bits per heavy atom. The average molecular weight is 509 g/mol. The quantitative estimate of drug-likeness (QED) is 0.315. The maximum atomic E-state index is 13.6. The van der Waals surface area contributed by atoms with Crippen molar-refractivity contribution in [1.29, 1.82) is 0 Å². The van der Waals surface area contributed by atoms with E-state index < -0.39 is 54.9 Å². The zero-order valence-corrected chi connectivity index (χ0v) is 20.2. The van der Waals surface area contributed by atoms with Gasteiger partial charge in [-0.1, -0.05) is 18.2 Å². The number of carbonyl (C=O) groups excluding carboxylic acids is 1. The number of esters is 1. The van der Waals surface area contributed by atoms with Crippen LogP contribution in [-0.2, 0) is 23.4 Å². The first-order chi connectivity index (χ1) is 16.7. The summed E-state index contributed by atoms with van der Waals surface area (Å²) in [5.74, 6) is -0.400. The molecular formula is C22H28N3O9P. The fourth-order valence-corrected chi connectivity index (χ4v) is 5.60. The van der Waals surface area contributed by atoms with Crippen LogP contribution in [0.5, 0.6) is 5.75 Å². The van der Waals surface area contributed by atoms with E-state index >= 15 is 0 Å². The third-order valence-corrected chi connectivity index (χ3v) is 7.68. The second-order valence-corrected chi connectivity index (χ2v) is 10.2. The largest absolute Gasteiger partial charge is 0.465 e. The lowest BCUT2D eigenvalue weighted by atomic mass is 9.96. The molecule has 1 aliphatic heterocycles. The number of nitrogens with zero attached hydrogens (tertiary/aromatic N) is 1. The van der Waals surface area contributed by atoms with E-state index in [0.29, 0.717) is 12.8 Å². The molecule has 0 bridgehead atoms. The maximum absolute atomic E-state index is 13.6. The minimum Gasteiger partial charge on any atom is -0.465 e. The first kappa shape index (κ1) is 25.3. The summed E-state index contributed by atoms with van der Waals surface area (Å²) in [6, 6.07) is 8.45. The van der Waals surface area contributed by atoms with E-state index in [1.807, 2.05) is 0 Å². The molecule has 190 valence electrons. The highest BCUT2D eigenvalue weighted by Gasteiger charge is 2.64. The number of benzene rings is 1. The molecule has 1 spiro atoms. The second-order valence-electron chi connectivity index (χ2n) is 8.52. The Balaban J connectivity index is 1.51. The summed E-state index contributed by atoms with van der Waals surface area (Å²) in [5.41, 5.74) is -1.94. The number of hydrogen-bond donors (Lipinski definition) is 3. The first-order valence-corrected chi connectivity index (χ1v) is 12.8. The average Bonchev–Trinajstić information content (AvgIpc) is 3.57. The summed E-state index contributed by atoms with van der Waals surface area (Å²) in [6.07, 6.45) is -0.313. The Morgan fingerprint density at radius 1 is 1.31 bits per heavy atom. The van der Waals surface area contributed by atoms with Crippen molar-refractivity contribution in [2.24, 2.45) is 5.41 Å². The molecule has 5 atom stereocenters. The van der Waals surface area contributed by atoms with Crippen molar-refractivity contribution in [3.8, 4) is 5.75 Å². The molecule has 3 N–H and O–H groups in total. The minimum absolute atomic E-state index is 0.144. The molecule has 4 rings (SSSR count). The van der Waals surface area contributed by atoms with Crippen LogP contribution < -0.4 is 20.9 Å². The van der Waals surface area contributed by atoms with Crippen LogP contribution in [0.3, 0.4) is 0 Å². The van der Waals surface area contributed by atoms with E-state index in [0.717, 1.165) is 0 Å². The smallest absolute Gasteiger partial charge is 0.459 e. The molecule has 1 aliphatic carbocycles. The van der Waals surface area contributed by atoms with Crippen LogP contribution in [0.4, 0.5) is 0 Å². The number of ether oxygens (including phenoxy) is 2. The molecule has 2 fully saturated rings. The van der Waals surface area contributed by atoms with Crippen LogP contribution in [0.25, 0.3) is 0 Å². The number of rotatable bonds is 10. The van der Waals surface area contributed by atoms with Crippen molar-refractivity contribution in [2.75, 3.05) is 13.2 Å². The van der Waals surface area contributed by atoms with Gasteiger partial charge in [0.25, 0.3) is 5.56 Å². The number of nitrogens with one attached hydrogen (secondary N) is 2. The number of aromatic nitrogens is 2. The third kappa shape index (κ3) is 5.41. The predicted molar refractivity (Wildman–Crippen MR) is 123 cm³/mol. The third-order valence-electron chi connectivity index (χ3n) is 6.04. The molecule has 2 aromatic rings.